The molecule has 102 valence electrons. The largest absolute Gasteiger partial charge is 0.457 e. The van der Waals surface area contributed by atoms with Crippen molar-refractivity contribution in [1.82, 2.24) is 5.48 Å². The van der Waals surface area contributed by atoms with Crippen LogP contribution in [0.15, 0.2) is 48.5 Å². The summed E-state index contributed by atoms with van der Waals surface area (Å²) < 4.78 is 18.4. The average molecular weight is 271 g/mol. The van der Waals surface area contributed by atoms with Gasteiger partial charge < -0.3 is 9.94 Å². The summed E-state index contributed by atoms with van der Waals surface area (Å²) in [5.41, 5.74) is 2.82. The van der Waals surface area contributed by atoms with Gasteiger partial charge >= 0.3 is 0 Å². The molecule has 2 aromatic carbocycles. The maximum absolute atomic E-state index is 12.8. The van der Waals surface area contributed by atoms with Gasteiger partial charge in [-0.25, -0.2) is 4.39 Å². The van der Waals surface area contributed by atoms with Gasteiger partial charge in [0.1, 0.15) is 17.3 Å². The normalized spacial score (nSPS) is 11.3. The molecule has 0 aromatic heterocycles. The molecule has 4 heteroatoms. The molecule has 2 N–H and O–H groups in total. The number of nitrogens with one attached hydrogen (secondary N) is 1. The van der Waals surface area contributed by atoms with Crippen LogP contribution in [0, 0.1) is 17.7 Å². The molecule has 0 saturated heterocycles. The highest BCUT2D eigenvalue weighted by atomic mass is 19.1. The van der Waals surface area contributed by atoms with Crippen LogP contribution in [-0.2, 0) is 0 Å². The lowest BCUT2D eigenvalue weighted by Crippen LogP contribution is -2.19. The third-order valence-corrected chi connectivity index (χ3v) is 2.51. The summed E-state index contributed by atoms with van der Waals surface area (Å²) in [7, 11) is 0. The third-order valence-electron chi connectivity index (χ3n) is 2.51. The molecular formula is C16H14FNO2. The zero-order valence-corrected chi connectivity index (χ0v) is 10.9. The molecule has 3 nitrogen and oxygen atoms in total. The maximum Gasteiger partial charge on any atom is 0.128 e. The standard InChI is InChI=1S/C16H14FNO2/c1-12(18-19)5-6-13-3-2-4-16(11-13)20-15-9-7-14(17)8-10-15/h2-4,7-12,18-19H,1H3. The molecule has 2 rings (SSSR count). The molecule has 0 heterocycles. The summed E-state index contributed by atoms with van der Waals surface area (Å²) in [6.45, 7) is 1.74. The summed E-state index contributed by atoms with van der Waals surface area (Å²) in [6, 6.07) is 12.7. The van der Waals surface area contributed by atoms with Crippen molar-refractivity contribution in [2.45, 2.75) is 13.0 Å². The fraction of sp³-hybridized carbons (Fsp3) is 0.125. The molecule has 20 heavy (non-hydrogen) atoms. The number of benzene rings is 2. The predicted molar refractivity (Wildman–Crippen MR) is 74.2 cm³/mol. The minimum atomic E-state index is -0.309. The highest BCUT2D eigenvalue weighted by molar-refractivity contribution is 5.42. The second-order valence-corrected chi connectivity index (χ2v) is 4.20. The van der Waals surface area contributed by atoms with Crippen LogP contribution in [0.4, 0.5) is 4.39 Å². The SMILES string of the molecule is CC(C#Cc1cccc(Oc2ccc(F)cc2)c1)NO. The van der Waals surface area contributed by atoms with Crippen molar-refractivity contribution in [1.29, 1.82) is 0 Å². The van der Waals surface area contributed by atoms with Crippen molar-refractivity contribution in [3.63, 3.8) is 0 Å². The van der Waals surface area contributed by atoms with Crippen LogP contribution in [-0.4, -0.2) is 11.2 Å². The zero-order chi connectivity index (χ0) is 14.4. The predicted octanol–water partition coefficient (Wildman–Crippen LogP) is 3.34. The molecule has 0 bridgehead atoms. The molecule has 0 saturated carbocycles. The summed E-state index contributed by atoms with van der Waals surface area (Å²) >= 11 is 0. The van der Waals surface area contributed by atoms with E-state index in [-0.39, 0.29) is 11.9 Å². The van der Waals surface area contributed by atoms with Crippen molar-refractivity contribution >= 4 is 0 Å². The van der Waals surface area contributed by atoms with Gasteiger partial charge in [0.25, 0.3) is 0 Å². The molecular weight excluding hydrogens is 257 g/mol. The first-order valence-corrected chi connectivity index (χ1v) is 6.12. The molecule has 0 aliphatic heterocycles. The second-order valence-electron chi connectivity index (χ2n) is 4.20. The first kappa shape index (κ1) is 14.1. The number of hydrogen-bond acceptors (Lipinski definition) is 3. The van der Waals surface area contributed by atoms with Crippen LogP contribution in [0.25, 0.3) is 0 Å². The lowest BCUT2D eigenvalue weighted by molar-refractivity contribution is 0.152. The van der Waals surface area contributed by atoms with E-state index in [9.17, 15) is 4.39 Å². The molecule has 0 spiro atoms. The van der Waals surface area contributed by atoms with Gasteiger partial charge in [-0.15, -0.1) is 0 Å². The van der Waals surface area contributed by atoms with E-state index >= 15 is 0 Å². The molecule has 0 amide bonds. The molecule has 1 unspecified atom stereocenters. The Hall–Kier alpha value is -2.35. The minimum Gasteiger partial charge on any atom is -0.457 e. The second kappa shape index (κ2) is 6.71. The molecule has 2 aromatic rings. The van der Waals surface area contributed by atoms with E-state index in [2.05, 4.69) is 17.3 Å². The van der Waals surface area contributed by atoms with E-state index < -0.39 is 0 Å². The smallest absolute Gasteiger partial charge is 0.128 e. The van der Waals surface area contributed by atoms with Crippen LogP contribution in [0.5, 0.6) is 11.5 Å². The number of hydroxylamine groups is 1. The van der Waals surface area contributed by atoms with Crippen LogP contribution in [0.3, 0.4) is 0 Å². The van der Waals surface area contributed by atoms with E-state index in [1.54, 1.807) is 31.2 Å². The van der Waals surface area contributed by atoms with Crippen LogP contribution >= 0.6 is 0 Å². The quantitative estimate of drug-likeness (QED) is 0.664. The van der Waals surface area contributed by atoms with Crippen LogP contribution in [0.2, 0.25) is 0 Å². The lowest BCUT2D eigenvalue weighted by Gasteiger charge is -2.05. The van der Waals surface area contributed by atoms with E-state index in [0.29, 0.717) is 11.5 Å². The van der Waals surface area contributed by atoms with Gasteiger partial charge in [0, 0.05) is 5.56 Å². The molecule has 0 aliphatic rings. The molecule has 0 fully saturated rings. The summed E-state index contributed by atoms with van der Waals surface area (Å²) in [5.74, 6) is 6.62. The Morgan fingerprint density at radius 1 is 1.15 bits per heavy atom. The maximum atomic E-state index is 12.8. The van der Waals surface area contributed by atoms with Gasteiger partial charge in [-0.1, -0.05) is 17.9 Å². The van der Waals surface area contributed by atoms with E-state index in [4.69, 9.17) is 9.94 Å². The van der Waals surface area contributed by atoms with E-state index in [1.807, 2.05) is 12.1 Å². The molecule has 0 aliphatic carbocycles. The number of rotatable bonds is 3. The van der Waals surface area contributed by atoms with Gasteiger partial charge in [-0.3, -0.25) is 0 Å². The Morgan fingerprint density at radius 2 is 1.90 bits per heavy atom. The van der Waals surface area contributed by atoms with Crippen molar-refractivity contribution in [3.05, 3.63) is 59.9 Å². The first-order chi connectivity index (χ1) is 9.67. The minimum absolute atomic E-state index is 0.303. The van der Waals surface area contributed by atoms with Gasteiger partial charge in [-0.05, 0) is 49.4 Å². The number of halogens is 1. The summed E-state index contributed by atoms with van der Waals surface area (Å²) in [5, 5.41) is 8.68. The van der Waals surface area contributed by atoms with Crippen molar-refractivity contribution in [2.75, 3.05) is 0 Å². The van der Waals surface area contributed by atoms with Gasteiger partial charge in [0.15, 0.2) is 0 Å². The Kier molecular flexibility index (Phi) is 4.72. The summed E-state index contributed by atoms with van der Waals surface area (Å²) in [4.78, 5) is 0. The van der Waals surface area contributed by atoms with Gasteiger partial charge in [0.2, 0.25) is 0 Å². The topological polar surface area (TPSA) is 41.5 Å². The third kappa shape index (κ3) is 4.09. The molecule has 0 radical (unpaired) electrons. The van der Waals surface area contributed by atoms with Gasteiger partial charge in [0.05, 0.1) is 6.04 Å². The number of ether oxygens (including phenoxy) is 1. The fourth-order valence-electron chi connectivity index (χ4n) is 1.50. The zero-order valence-electron chi connectivity index (χ0n) is 10.9. The van der Waals surface area contributed by atoms with E-state index in [1.165, 1.54) is 12.1 Å². The Labute approximate surface area is 117 Å². The average Bonchev–Trinajstić information content (AvgIpc) is 2.47. The monoisotopic (exact) mass is 271 g/mol. The van der Waals surface area contributed by atoms with E-state index in [0.717, 1.165) is 5.56 Å². The molecule has 1 atom stereocenters. The van der Waals surface area contributed by atoms with Crippen molar-refractivity contribution in [3.8, 4) is 23.3 Å². The van der Waals surface area contributed by atoms with Crippen LogP contribution in [0.1, 0.15) is 12.5 Å². The van der Waals surface area contributed by atoms with Crippen molar-refractivity contribution < 1.29 is 14.3 Å². The Balaban J connectivity index is 2.13. The van der Waals surface area contributed by atoms with Crippen LogP contribution < -0.4 is 10.2 Å². The summed E-state index contributed by atoms with van der Waals surface area (Å²) in [6.07, 6.45) is 0. The fourth-order valence-corrected chi connectivity index (χ4v) is 1.50. The van der Waals surface area contributed by atoms with Gasteiger partial charge in [-0.2, -0.15) is 5.48 Å². The first-order valence-electron chi connectivity index (χ1n) is 6.12. The lowest BCUT2D eigenvalue weighted by atomic mass is 10.2. The Morgan fingerprint density at radius 3 is 2.60 bits per heavy atom. The highest BCUT2D eigenvalue weighted by Gasteiger charge is 1.99. The van der Waals surface area contributed by atoms with Crippen molar-refractivity contribution in [2.24, 2.45) is 0 Å². The highest BCUT2D eigenvalue weighted by Crippen LogP contribution is 2.22. The number of hydrogen-bond donors (Lipinski definition) is 2. The Bertz CT molecular complexity index is 629.